The zero-order valence-corrected chi connectivity index (χ0v) is 9.23. The molecule has 0 aromatic carbocycles. The molecule has 0 amide bonds. The molecule has 13 heavy (non-hydrogen) atoms. The van der Waals surface area contributed by atoms with Gasteiger partial charge >= 0.3 is 0 Å². The zero-order valence-electron chi connectivity index (χ0n) is 8.41. The molecule has 0 radical (unpaired) electrons. The Balaban J connectivity index is 2.09. The van der Waals surface area contributed by atoms with Gasteiger partial charge < -0.3 is 5.32 Å². The fourth-order valence-electron chi connectivity index (χ4n) is 1.10. The monoisotopic (exact) mass is 205 g/mol. The fraction of sp³-hybridized carbons (Fsp3) is 1.00. The van der Waals surface area contributed by atoms with Gasteiger partial charge in [-0.05, 0) is 39.7 Å². The summed E-state index contributed by atoms with van der Waals surface area (Å²) in [5, 5.41) is 3.08. The quantitative estimate of drug-likeness (QED) is 0.657. The summed E-state index contributed by atoms with van der Waals surface area (Å²) in [7, 11) is -2.82. The minimum atomic E-state index is -2.82. The summed E-state index contributed by atoms with van der Waals surface area (Å²) in [5.74, 6) is 0.324. The third-order valence-corrected chi connectivity index (χ3v) is 4.63. The van der Waals surface area contributed by atoms with Crippen molar-refractivity contribution in [2.45, 2.75) is 44.4 Å². The Morgan fingerprint density at radius 2 is 2.00 bits per heavy atom. The minimum absolute atomic E-state index is 0.228. The van der Waals surface area contributed by atoms with Crippen LogP contribution in [0.2, 0.25) is 0 Å². The largest absolute Gasteiger partial charge is 0.314 e. The second kappa shape index (κ2) is 4.42. The molecule has 0 unspecified atom stereocenters. The normalized spacial score (nSPS) is 18.1. The fourth-order valence-corrected chi connectivity index (χ4v) is 2.12. The smallest absolute Gasteiger partial charge is 0.152 e. The van der Waals surface area contributed by atoms with E-state index >= 15 is 0 Å². The van der Waals surface area contributed by atoms with Crippen molar-refractivity contribution in [1.82, 2.24) is 5.32 Å². The van der Waals surface area contributed by atoms with E-state index in [2.05, 4.69) is 5.32 Å². The van der Waals surface area contributed by atoms with Crippen molar-refractivity contribution >= 4 is 9.84 Å². The number of hydrogen-bond donors (Lipinski definition) is 1. The molecule has 0 heterocycles. The Morgan fingerprint density at radius 1 is 1.38 bits per heavy atom. The molecule has 0 atom stereocenters. The lowest BCUT2D eigenvalue weighted by Gasteiger charge is -2.07. The molecule has 1 rings (SSSR count). The lowest BCUT2D eigenvalue weighted by Crippen LogP contribution is -2.23. The van der Waals surface area contributed by atoms with E-state index in [0.717, 1.165) is 13.0 Å². The first kappa shape index (κ1) is 11.0. The van der Waals surface area contributed by atoms with E-state index < -0.39 is 9.84 Å². The van der Waals surface area contributed by atoms with Crippen molar-refractivity contribution in [2.24, 2.45) is 0 Å². The van der Waals surface area contributed by atoms with Crippen LogP contribution >= 0.6 is 0 Å². The number of hydrogen-bond acceptors (Lipinski definition) is 3. The first-order valence-corrected chi connectivity index (χ1v) is 6.69. The first-order chi connectivity index (χ1) is 6.02. The Morgan fingerprint density at radius 3 is 2.46 bits per heavy atom. The molecule has 1 fully saturated rings. The van der Waals surface area contributed by atoms with Crippen LogP contribution < -0.4 is 5.32 Å². The average molecular weight is 205 g/mol. The summed E-state index contributed by atoms with van der Waals surface area (Å²) in [6.07, 6.45) is 3.27. The molecule has 78 valence electrons. The second-order valence-electron chi connectivity index (χ2n) is 4.00. The Hall–Kier alpha value is -0.0900. The SMILES string of the molecule is CC(C)S(=O)(=O)CCCNC1CC1. The van der Waals surface area contributed by atoms with Crippen LogP contribution in [0.4, 0.5) is 0 Å². The van der Waals surface area contributed by atoms with Crippen molar-refractivity contribution in [3.8, 4) is 0 Å². The summed E-state index contributed by atoms with van der Waals surface area (Å²) in [6, 6.07) is 0.682. The van der Waals surface area contributed by atoms with Gasteiger partial charge in [0.1, 0.15) is 0 Å². The predicted octanol–water partition coefficient (Wildman–Crippen LogP) is 0.952. The number of nitrogens with one attached hydrogen (secondary N) is 1. The molecule has 0 aromatic rings. The third kappa shape index (κ3) is 4.09. The van der Waals surface area contributed by atoms with Crippen LogP contribution in [0.25, 0.3) is 0 Å². The summed E-state index contributed by atoms with van der Waals surface area (Å²) >= 11 is 0. The number of sulfone groups is 1. The van der Waals surface area contributed by atoms with Gasteiger partial charge in [-0.25, -0.2) is 8.42 Å². The van der Waals surface area contributed by atoms with Crippen LogP contribution in [0.5, 0.6) is 0 Å². The van der Waals surface area contributed by atoms with Gasteiger partial charge in [-0.1, -0.05) is 0 Å². The zero-order chi connectivity index (χ0) is 9.90. The lowest BCUT2D eigenvalue weighted by molar-refractivity contribution is 0.580. The third-order valence-electron chi connectivity index (χ3n) is 2.33. The van der Waals surface area contributed by atoms with Gasteiger partial charge in [-0.15, -0.1) is 0 Å². The summed E-state index contributed by atoms with van der Waals surface area (Å²) in [5.41, 5.74) is 0. The van der Waals surface area contributed by atoms with Crippen molar-refractivity contribution in [2.75, 3.05) is 12.3 Å². The maximum absolute atomic E-state index is 11.4. The molecule has 1 aliphatic carbocycles. The molecule has 4 heteroatoms. The molecular weight excluding hydrogens is 186 g/mol. The van der Waals surface area contributed by atoms with Gasteiger partial charge in [0.15, 0.2) is 9.84 Å². The minimum Gasteiger partial charge on any atom is -0.314 e. The number of rotatable bonds is 6. The van der Waals surface area contributed by atoms with Crippen molar-refractivity contribution in [3.05, 3.63) is 0 Å². The predicted molar refractivity (Wildman–Crippen MR) is 54.6 cm³/mol. The molecule has 0 bridgehead atoms. The standard InChI is InChI=1S/C9H19NO2S/c1-8(2)13(11,12)7-3-6-10-9-4-5-9/h8-10H,3-7H2,1-2H3. The average Bonchev–Trinajstić information content (AvgIpc) is 2.81. The van der Waals surface area contributed by atoms with Gasteiger partial charge in [0.25, 0.3) is 0 Å². The Bertz CT molecular complexity index is 242. The molecule has 1 N–H and O–H groups in total. The molecule has 0 aromatic heterocycles. The second-order valence-corrected chi connectivity index (χ2v) is 6.67. The summed E-state index contributed by atoms with van der Waals surface area (Å²) in [6.45, 7) is 4.32. The van der Waals surface area contributed by atoms with Gasteiger partial charge in [-0.3, -0.25) is 0 Å². The van der Waals surface area contributed by atoms with Crippen molar-refractivity contribution in [3.63, 3.8) is 0 Å². The Kier molecular flexibility index (Phi) is 3.74. The van der Waals surface area contributed by atoms with Crippen LogP contribution in [-0.4, -0.2) is 32.0 Å². The molecule has 3 nitrogen and oxygen atoms in total. The molecule has 1 aliphatic rings. The lowest BCUT2D eigenvalue weighted by atomic mass is 10.5. The van der Waals surface area contributed by atoms with Gasteiger partial charge in [0.2, 0.25) is 0 Å². The van der Waals surface area contributed by atoms with E-state index in [9.17, 15) is 8.42 Å². The van der Waals surface area contributed by atoms with Gasteiger partial charge in [0.05, 0.1) is 11.0 Å². The van der Waals surface area contributed by atoms with Crippen molar-refractivity contribution < 1.29 is 8.42 Å². The highest BCUT2D eigenvalue weighted by molar-refractivity contribution is 7.91. The van der Waals surface area contributed by atoms with Crippen LogP contribution in [0.1, 0.15) is 33.1 Å². The molecule has 0 saturated heterocycles. The van der Waals surface area contributed by atoms with E-state index in [4.69, 9.17) is 0 Å². The molecule has 1 saturated carbocycles. The van der Waals surface area contributed by atoms with E-state index in [0.29, 0.717) is 11.8 Å². The van der Waals surface area contributed by atoms with E-state index in [1.54, 1.807) is 13.8 Å². The summed E-state index contributed by atoms with van der Waals surface area (Å²) < 4.78 is 22.7. The Labute approximate surface area is 80.8 Å². The molecular formula is C9H19NO2S. The van der Waals surface area contributed by atoms with Gasteiger partial charge in [0, 0.05) is 6.04 Å². The van der Waals surface area contributed by atoms with Crippen LogP contribution in [0.3, 0.4) is 0 Å². The highest BCUT2D eigenvalue weighted by atomic mass is 32.2. The van der Waals surface area contributed by atoms with Gasteiger partial charge in [-0.2, -0.15) is 0 Å². The van der Waals surface area contributed by atoms with Crippen molar-refractivity contribution in [1.29, 1.82) is 0 Å². The van der Waals surface area contributed by atoms with Crippen LogP contribution in [-0.2, 0) is 9.84 Å². The summed E-state index contributed by atoms with van der Waals surface area (Å²) in [4.78, 5) is 0. The van der Waals surface area contributed by atoms with E-state index in [-0.39, 0.29) is 5.25 Å². The molecule has 0 spiro atoms. The molecule has 0 aliphatic heterocycles. The van der Waals surface area contributed by atoms with E-state index in [1.165, 1.54) is 12.8 Å². The highest BCUT2D eigenvalue weighted by Crippen LogP contribution is 2.18. The maximum atomic E-state index is 11.4. The maximum Gasteiger partial charge on any atom is 0.152 e. The first-order valence-electron chi connectivity index (χ1n) is 4.97. The topological polar surface area (TPSA) is 46.2 Å². The van der Waals surface area contributed by atoms with E-state index in [1.807, 2.05) is 0 Å². The highest BCUT2D eigenvalue weighted by Gasteiger charge is 2.20. The van der Waals surface area contributed by atoms with Crippen LogP contribution in [0, 0.1) is 0 Å². The van der Waals surface area contributed by atoms with Crippen LogP contribution in [0.15, 0.2) is 0 Å².